The van der Waals surface area contributed by atoms with E-state index >= 15 is 0 Å². The van der Waals surface area contributed by atoms with Crippen molar-refractivity contribution in [2.75, 3.05) is 18.0 Å². The highest BCUT2D eigenvalue weighted by Gasteiger charge is 2.22. The lowest BCUT2D eigenvalue weighted by molar-refractivity contribution is -0.130. The number of nitrogens with zero attached hydrogens (tertiary/aromatic N) is 3. The third-order valence-corrected chi connectivity index (χ3v) is 1.86. The summed E-state index contributed by atoms with van der Waals surface area (Å²) >= 11 is 0. The van der Waals surface area contributed by atoms with Gasteiger partial charge < -0.3 is 4.90 Å². The summed E-state index contributed by atoms with van der Waals surface area (Å²) < 4.78 is 0. The smallest absolute Gasteiger partial charge is 0.246 e. The first-order valence-electron chi connectivity index (χ1n) is 4.08. The van der Waals surface area contributed by atoms with Crippen LogP contribution in [0.5, 0.6) is 0 Å². The first-order chi connectivity index (χ1) is 6.75. The van der Waals surface area contributed by atoms with Gasteiger partial charge in [0.05, 0.1) is 31.2 Å². The molecular formula is C8H8N4O2. The van der Waals surface area contributed by atoms with Crippen molar-refractivity contribution in [1.29, 1.82) is 0 Å². The van der Waals surface area contributed by atoms with Crippen LogP contribution in [-0.2, 0) is 9.59 Å². The van der Waals surface area contributed by atoms with Gasteiger partial charge in [0.1, 0.15) is 6.33 Å². The Labute approximate surface area is 80.0 Å². The lowest BCUT2D eigenvalue weighted by Gasteiger charge is -2.26. The molecule has 1 saturated heterocycles. The maximum atomic E-state index is 11.0. The summed E-state index contributed by atoms with van der Waals surface area (Å²) in [6.45, 7) is 0.332. The third kappa shape index (κ3) is 1.68. The number of hydrogen-bond acceptors (Lipinski definition) is 5. The van der Waals surface area contributed by atoms with Crippen LogP contribution in [0.3, 0.4) is 0 Å². The van der Waals surface area contributed by atoms with Crippen molar-refractivity contribution in [3.05, 3.63) is 18.7 Å². The highest BCUT2D eigenvalue weighted by atomic mass is 16.2. The van der Waals surface area contributed by atoms with Crippen LogP contribution in [0.4, 0.5) is 5.69 Å². The Kier molecular flexibility index (Phi) is 2.10. The molecule has 0 radical (unpaired) electrons. The van der Waals surface area contributed by atoms with Crippen molar-refractivity contribution in [3.8, 4) is 0 Å². The van der Waals surface area contributed by atoms with Gasteiger partial charge in [-0.2, -0.15) is 0 Å². The van der Waals surface area contributed by atoms with Gasteiger partial charge >= 0.3 is 0 Å². The molecule has 0 unspecified atom stereocenters. The topological polar surface area (TPSA) is 75.2 Å². The molecular weight excluding hydrogens is 184 g/mol. The fourth-order valence-corrected chi connectivity index (χ4v) is 1.27. The molecule has 0 atom stereocenters. The van der Waals surface area contributed by atoms with Crippen molar-refractivity contribution in [2.45, 2.75) is 0 Å². The largest absolute Gasteiger partial charge is 0.350 e. The predicted octanol–water partition coefficient (Wildman–Crippen LogP) is -1.06. The lowest BCUT2D eigenvalue weighted by Crippen LogP contribution is -2.51. The minimum absolute atomic E-state index is 0.166. The van der Waals surface area contributed by atoms with Crippen LogP contribution in [0, 0.1) is 0 Å². The van der Waals surface area contributed by atoms with E-state index in [1.165, 1.54) is 6.33 Å². The Morgan fingerprint density at radius 3 is 2.29 bits per heavy atom. The second kappa shape index (κ2) is 3.41. The van der Waals surface area contributed by atoms with Crippen molar-refractivity contribution in [1.82, 2.24) is 15.3 Å². The number of nitrogens with one attached hydrogen (secondary N) is 1. The molecule has 0 spiro atoms. The van der Waals surface area contributed by atoms with Crippen LogP contribution in [0.15, 0.2) is 18.7 Å². The van der Waals surface area contributed by atoms with E-state index in [0.29, 0.717) is 5.69 Å². The monoisotopic (exact) mass is 192 g/mol. The molecule has 0 saturated carbocycles. The van der Waals surface area contributed by atoms with E-state index in [9.17, 15) is 9.59 Å². The first kappa shape index (κ1) is 8.61. The normalized spacial score (nSPS) is 16.7. The average molecular weight is 192 g/mol. The molecule has 1 fully saturated rings. The Morgan fingerprint density at radius 2 is 1.71 bits per heavy atom. The number of rotatable bonds is 1. The van der Waals surface area contributed by atoms with E-state index in [1.54, 1.807) is 17.3 Å². The molecule has 1 aromatic heterocycles. The molecule has 72 valence electrons. The Hall–Kier alpha value is -1.98. The van der Waals surface area contributed by atoms with Crippen molar-refractivity contribution < 1.29 is 9.59 Å². The maximum absolute atomic E-state index is 11.0. The lowest BCUT2D eigenvalue weighted by atomic mass is 10.3. The number of aromatic nitrogens is 2. The molecule has 0 aromatic carbocycles. The van der Waals surface area contributed by atoms with E-state index in [1.807, 2.05) is 0 Å². The second-order valence-electron chi connectivity index (χ2n) is 2.92. The molecule has 1 aromatic rings. The standard InChI is InChI=1S/C8H8N4O2/c13-7-3-12(4-8(14)11-7)6-1-9-5-10-2-6/h1-2,5H,3-4H2,(H,11,13,14). The summed E-state index contributed by atoms with van der Waals surface area (Å²) in [5, 5.41) is 2.22. The van der Waals surface area contributed by atoms with E-state index in [-0.39, 0.29) is 24.9 Å². The number of imide groups is 1. The van der Waals surface area contributed by atoms with Gasteiger partial charge in [-0.05, 0) is 0 Å². The van der Waals surface area contributed by atoms with Crippen LogP contribution < -0.4 is 10.2 Å². The van der Waals surface area contributed by atoms with Gasteiger partial charge in [0, 0.05) is 0 Å². The van der Waals surface area contributed by atoms with Crippen molar-refractivity contribution >= 4 is 17.5 Å². The van der Waals surface area contributed by atoms with Gasteiger partial charge in [-0.1, -0.05) is 0 Å². The Bertz CT molecular complexity index is 349. The quantitative estimate of drug-likeness (QED) is 0.574. The van der Waals surface area contributed by atoms with Gasteiger partial charge in [-0.3, -0.25) is 14.9 Å². The fourth-order valence-electron chi connectivity index (χ4n) is 1.27. The summed E-state index contributed by atoms with van der Waals surface area (Å²) in [6.07, 6.45) is 4.53. The van der Waals surface area contributed by atoms with Crippen LogP contribution in [-0.4, -0.2) is 34.9 Å². The van der Waals surface area contributed by atoms with E-state index in [2.05, 4.69) is 15.3 Å². The van der Waals surface area contributed by atoms with Gasteiger partial charge in [0.2, 0.25) is 11.8 Å². The second-order valence-corrected chi connectivity index (χ2v) is 2.92. The van der Waals surface area contributed by atoms with E-state index in [4.69, 9.17) is 0 Å². The van der Waals surface area contributed by atoms with Crippen LogP contribution in [0.25, 0.3) is 0 Å². The summed E-state index contributed by atoms with van der Waals surface area (Å²) in [4.78, 5) is 31.3. The molecule has 0 bridgehead atoms. The number of carbonyl (C=O) groups is 2. The summed E-state index contributed by atoms with van der Waals surface area (Å²) in [5.74, 6) is -0.602. The zero-order valence-corrected chi connectivity index (χ0v) is 7.30. The number of amides is 2. The summed E-state index contributed by atoms with van der Waals surface area (Å²) in [5.41, 5.74) is 0.677. The molecule has 1 aliphatic rings. The van der Waals surface area contributed by atoms with Crippen LogP contribution in [0.1, 0.15) is 0 Å². The Balaban J connectivity index is 2.19. The third-order valence-electron chi connectivity index (χ3n) is 1.86. The molecule has 0 aliphatic carbocycles. The summed E-state index contributed by atoms with van der Waals surface area (Å²) in [7, 11) is 0. The maximum Gasteiger partial charge on any atom is 0.246 e. The zero-order valence-electron chi connectivity index (χ0n) is 7.30. The van der Waals surface area contributed by atoms with Gasteiger partial charge in [-0.15, -0.1) is 0 Å². The number of hydrogen-bond donors (Lipinski definition) is 1. The highest BCUT2D eigenvalue weighted by Crippen LogP contribution is 2.10. The molecule has 6 heteroatoms. The fraction of sp³-hybridized carbons (Fsp3) is 0.250. The zero-order chi connectivity index (χ0) is 9.97. The number of anilines is 1. The average Bonchev–Trinajstić information content (AvgIpc) is 2.18. The SMILES string of the molecule is O=C1CN(c2cncnc2)CC(=O)N1. The van der Waals surface area contributed by atoms with E-state index < -0.39 is 0 Å². The molecule has 2 amide bonds. The molecule has 1 aliphatic heterocycles. The van der Waals surface area contributed by atoms with Gasteiger partial charge in [0.15, 0.2) is 0 Å². The highest BCUT2D eigenvalue weighted by molar-refractivity contribution is 6.02. The van der Waals surface area contributed by atoms with Gasteiger partial charge in [0.25, 0.3) is 0 Å². The molecule has 2 rings (SSSR count). The first-order valence-corrected chi connectivity index (χ1v) is 4.08. The molecule has 14 heavy (non-hydrogen) atoms. The van der Waals surface area contributed by atoms with Crippen molar-refractivity contribution in [2.24, 2.45) is 0 Å². The molecule has 6 nitrogen and oxygen atoms in total. The van der Waals surface area contributed by atoms with Crippen molar-refractivity contribution in [3.63, 3.8) is 0 Å². The van der Waals surface area contributed by atoms with Gasteiger partial charge in [-0.25, -0.2) is 9.97 Å². The minimum atomic E-state index is -0.301. The predicted molar refractivity (Wildman–Crippen MR) is 47.4 cm³/mol. The van der Waals surface area contributed by atoms with Crippen LogP contribution in [0.2, 0.25) is 0 Å². The summed E-state index contributed by atoms with van der Waals surface area (Å²) in [6, 6.07) is 0. The number of carbonyl (C=O) groups excluding carboxylic acids is 2. The number of piperazine rings is 1. The Morgan fingerprint density at radius 1 is 1.14 bits per heavy atom. The molecule has 1 N–H and O–H groups in total. The van der Waals surface area contributed by atoms with E-state index in [0.717, 1.165) is 0 Å². The molecule has 2 heterocycles. The minimum Gasteiger partial charge on any atom is -0.350 e. The van der Waals surface area contributed by atoms with Crippen LogP contribution >= 0.6 is 0 Å².